The number of hydrogen-bond acceptors (Lipinski definition) is 5. The van der Waals surface area contributed by atoms with Gasteiger partial charge >= 0.3 is 5.97 Å². The fourth-order valence-electron chi connectivity index (χ4n) is 1.66. The lowest BCUT2D eigenvalue weighted by Crippen LogP contribution is -2.35. The lowest BCUT2D eigenvalue weighted by atomic mass is 10.1. The van der Waals surface area contributed by atoms with E-state index in [1.807, 2.05) is 6.92 Å². The van der Waals surface area contributed by atoms with Crippen LogP contribution in [0.1, 0.15) is 52.4 Å². The third-order valence-electron chi connectivity index (χ3n) is 2.88. The molecule has 0 aromatic carbocycles. The number of esters is 1. The molecule has 0 amide bonds. The van der Waals surface area contributed by atoms with Crippen molar-refractivity contribution in [3.05, 3.63) is 0 Å². The van der Waals surface area contributed by atoms with Crippen LogP contribution < -0.4 is 5.73 Å². The third-order valence-corrected chi connectivity index (χ3v) is 3.86. The summed E-state index contributed by atoms with van der Waals surface area (Å²) >= 11 is 0. The van der Waals surface area contributed by atoms with Crippen LogP contribution in [-0.4, -0.2) is 38.5 Å². The van der Waals surface area contributed by atoms with Gasteiger partial charge in [0.2, 0.25) is 0 Å². The quantitative estimate of drug-likeness (QED) is 0.489. The Morgan fingerprint density at radius 1 is 1.21 bits per heavy atom. The lowest BCUT2D eigenvalue weighted by Gasteiger charge is -2.16. The Balaban J connectivity index is 3.88. The number of unbranched alkanes of at least 4 members (excludes halogenated alkanes) is 3. The molecule has 0 saturated carbocycles. The predicted octanol–water partition coefficient (Wildman–Crippen LogP) is 1.65. The van der Waals surface area contributed by atoms with Gasteiger partial charge in [0.05, 0.1) is 11.9 Å². The standard InChI is InChI=1S/C13H27NO4S/c1-4-5-6-7-8-11(2)18-13(15)12(14)9-10-19(3,16)17/h11-12H,4-10,14H2,1-3H3. The van der Waals surface area contributed by atoms with Gasteiger partial charge in [0, 0.05) is 6.26 Å². The van der Waals surface area contributed by atoms with E-state index in [0.29, 0.717) is 0 Å². The van der Waals surface area contributed by atoms with Crippen molar-refractivity contribution >= 4 is 15.8 Å². The molecule has 0 aromatic rings. The molecule has 0 heterocycles. The second-order valence-electron chi connectivity index (χ2n) is 5.12. The number of nitrogens with two attached hydrogens (primary N) is 1. The predicted molar refractivity (Wildman–Crippen MR) is 76.6 cm³/mol. The SMILES string of the molecule is CCCCCCC(C)OC(=O)C(N)CCS(C)(=O)=O. The van der Waals surface area contributed by atoms with Crippen molar-refractivity contribution < 1.29 is 17.9 Å². The number of ether oxygens (including phenoxy) is 1. The first-order chi connectivity index (χ1) is 8.76. The minimum absolute atomic E-state index is 0.0891. The van der Waals surface area contributed by atoms with E-state index in [2.05, 4.69) is 6.92 Å². The second-order valence-corrected chi connectivity index (χ2v) is 7.38. The first kappa shape index (κ1) is 18.4. The van der Waals surface area contributed by atoms with Crippen molar-refractivity contribution in [2.24, 2.45) is 5.73 Å². The van der Waals surface area contributed by atoms with E-state index < -0.39 is 21.8 Å². The summed E-state index contributed by atoms with van der Waals surface area (Å²) in [6.07, 6.45) is 6.43. The van der Waals surface area contributed by atoms with Crippen LogP contribution in [0.3, 0.4) is 0 Å². The van der Waals surface area contributed by atoms with Crippen LogP contribution in [0.15, 0.2) is 0 Å². The fraction of sp³-hybridized carbons (Fsp3) is 0.923. The highest BCUT2D eigenvalue weighted by molar-refractivity contribution is 7.90. The molecule has 0 fully saturated rings. The highest BCUT2D eigenvalue weighted by atomic mass is 32.2. The molecule has 0 saturated heterocycles. The third kappa shape index (κ3) is 10.9. The summed E-state index contributed by atoms with van der Waals surface area (Å²) < 4.78 is 27.2. The Labute approximate surface area is 116 Å². The molecule has 0 bridgehead atoms. The molecule has 0 radical (unpaired) electrons. The summed E-state index contributed by atoms with van der Waals surface area (Å²) in [5, 5.41) is 0. The minimum atomic E-state index is -3.09. The van der Waals surface area contributed by atoms with E-state index in [9.17, 15) is 13.2 Å². The van der Waals surface area contributed by atoms with Gasteiger partial charge < -0.3 is 10.5 Å². The van der Waals surface area contributed by atoms with Gasteiger partial charge in [-0.2, -0.15) is 0 Å². The largest absolute Gasteiger partial charge is 0.462 e. The number of sulfone groups is 1. The zero-order valence-corrected chi connectivity index (χ0v) is 13.0. The Morgan fingerprint density at radius 3 is 2.37 bits per heavy atom. The molecule has 2 atom stereocenters. The van der Waals surface area contributed by atoms with Gasteiger partial charge in [0.25, 0.3) is 0 Å². The van der Waals surface area contributed by atoms with E-state index in [0.717, 1.165) is 25.5 Å². The molecule has 0 rings (SSSR count). The summed E-state index contributed by atoms with van der Waals surface area (Å²) in [7, 11) is -3.09. The van der Waals surface area contributed by atoms with Gasteiger partial charge in [-0.15, -0.1) is 0 Å². The van der Waals surface area contributed by atoms with Crippen LogP contribution in [0.2, 0.25) is 0 Å². The van der Waals surface area contributed by atoms with Crippen molar-refractivity contribution in [2.75, 3.05) is 12.0 Å². The number of hydrogen-bond donors (Lipinski definition) is 1. The second kappa shape index (κ2) is 9.31. The molecule has 114 valence electrons. The molecule has 0 aliphatic rings. The van der Waals surface area contributed by atoms with E-state index in [-0.39, 0.29) is 18.3 Å². The van der Waals surface area contributed by atoms with E-state index >= 15 is 0 Å². The molecule has 2 N–H and O–H groups in total. The van der Waals surface area contributed by atoms with Gasteiger partial charge in [-0.3, -0.25) is 4.79 Å². The molecule has 19 heavy (non-hydrogen) atoms. The summed E-state index contributed by atoms with van der Waals surface area (Å²) in [5.74, 6) is -0.597. The zero-order valence-electron chi connectivity index (χ0n) is 12.2. The van der Waals surface area contributed by atoms with Crippen LogP contribution >= 0.6 is 0 Å². The number of rotatable bonds is 10. The summed E-state index contributed by atoms with van der Waals surface area (Å²) in [5.41, 5.74) is 5.61. The molecule has 2 unspecified atom stereocenters. The molecule has 6 heteroatoms. The molecule has 5 nitrogen and oxygen atoms in total. The van der Waals surface area contributed by atoms with Crippen molar-refractivity contribution in [2.45, 2.75) is 64.5 Å². The van der Waals surface area contributed by atoms with Gasteiger partial charge in [0.15, 0.2) is 0 Å². The molecule has 0 aromatic heterocycles. The van der Waals surface area contributed by atoms with Gasteiger partial charge in [-0.25, -0.2) is 8.42 Å². The van der Waals surface area contributed by atoms with Crippen LogP contribution in [0.25, 0.3) is 0 Å². The van der Waals surface area contributed by atoms with Crippen LogP contribution in [0.4, 0.5) is 0 Å². The topological polar surface area (TPSA) is 86.5 Å². The Morgan fingerprint density at radius 2 is 1.84 bits per heavy atom. The van der Waals surface area contributed by atoms with Gasteiger partial charge in [0.1, 0.15) is 15.9 Å². The number of carbonyl (C=O) groups is 1. The van der Waals surface area contributed by atoms with Crippen LogP contribution in [0, 0.1) is 0 Å². The van der Waals surface area contributed by atoms with Gasteiger partial charge in [-0.05, 0) is 26.2 Å². The van der Waals surface area contributed by atoms with E-state index in [1.165, 1.54) is 12.8 Å². The average Bonchev–Trinajstić information content (AvgIpc) is 2.30. The highest BCUT2D eigenvalue weighted by Crippen LogP contribution is 2.09. The van der Waals surface area contributed by atoms with Crippen LogP contribution in [0.5, 0.6) is 0 Å². The fourth-order valence-corrected chi connectivity index (χ4v) is 2.34. The Kier molecular flexibility index (Phi) is 9.01. The maximum absolute atomic E-state index is 11.6. The van der Waals surface area contributed by atoms with Crippen molar-refractivity contribution in [3.63, 3.8) is 0 Å². The molecular weight excluding hydrogens is 266 g/mol. The van der Waals surface area contributed by atoms with Crippen molar-refractivity contribution in [3.8, 4) is 0 Å². The lowest BCUT2D eigenvalue weighted by molar-refractivity contribution is -0.150. The molecule has 0 aliphatic carbocycles. The molecule has 0 aliphatic heterocycles. The monoisotopic (exact) mass is 293 g/mol. The molecular formula is C13H27NO4S. The minimum Gasteiger partial charge on any atom is -0.462 e. The average molecular weight is 293 g/mol. The van der Waals surface area contributed by atoms with Gasteiger partial charge in [-0.1, -0.05) is 26.2 Å². The molecule has 0 spiro atoms. The zero-order chi connectivity index (χ0) is 14.9. The van der Waals surface area contributed by atoms with Crippen molar-refractivity contribution in [1.29, 1.82) is 0 Å². The van der Waals surface area contributed by atoms with E-state index in [1.54, 1.807) is 0 Å². The number of carbonyl (C=O) groups excluding carboxylic acids is 1. The summed E-state index contributed by atoms with van der Waals surface area (Å²) in [4.78, 5) is 11.6. The van der Waals surface area contributed by atoms with Crippen LogP contribution in [-0.2, 0) is 19.4 Å². The highest BCUT2D eigenvalue weighted by Gasteiger charge is 2.19. The Bertz CT molecular complexity index is 354. The smallest absolute Gasteiger partial charge is 0.323 e. The van der Waals surface area contributed by atoms with Crippen molar-refractivity contribution in [1.82, 2.24) is 0 Å². The maximum Gasteiger partial charge on any atom is 0.323 e. The summed E-state index contributed by atoms with van der Waals surface area (Å²) in [6, 6.07) is -0.854. The summed E-state index contributed by atoms with van der Waals surface area (Å²) in [6.45, 7) is 3.98. The first-order valence-corrected chi connectivity index (χ1v) is 8.96. The first-order valence-electron chi connectivity index (χ1n) is 6.90. The Hall–Kier alpha value is -0.620. The normalized spacial score (nSPS) is 14.9. The maximum atomic E-state index is 11.6. The van der Waals surface area contributed by atoms with E-state index in [4.69, 9.17) is 10.5 Å².